The normalized spacial score (nSPS) is 28.0. The van der Waals surface area contributed by atoms with Gasteiger partial charge in [-0.3, -0.25) is 0 Å². The van der Waals surface area contributed by atoms with Crippen LogP contribution in [0.1, 0.15) is 71.6 Å². The molecule has 0 spiro atoms. The number of aliphatic hydroxyl groups excluding tert-OH is 2. The van der Waals surface area contributed by atoms with Crippen molar-refractivity contribution in [2.45, 2.75) is 95.9 Å². The zero-order chi connectivity index (χ0) is 13.4. The van der Waals surface area contributed by atoms with Gasteiger partial charge < -0.3 is 15.5 Å². The highest BCUT2D eigenvalue weighted by Crippen LogP contribution is 2.21. The summed E-state index contributed by atoms with van der Waals surface area (Å²) in [6.07, 6.45) is 8.99. The van der Waals surface area contributed by atoms with E-state index in [1.54, 1.807) is 0 Å². The zero-order valence-corrected chi connectivity index (χ0v) is 12.1. The lowest BCUT2D eigenvalue weighted by Crippen LogP contribution is -2.45. The van der Waals surface area contributed by atoms with Gasteiger partial charge >= 0.3 is 0 Å². The molecule has 1 heterocycles. The molecule has 0 saturated carbocycles. The number of hydrogen-bond acceptors (Lipinski definition) is 3. The third kappa shape index (κ3) is 6.17. The van der Waals surface area contributed by atoms with Gasteiger partial charge in [0.05, 0.1) is 12.2 Å². The Labute approximate surface area is 112 Å². The van der Waals surface area contributed by atoms with E-state index in [1.165, 1.54) is 19.3 Å². The van der Waals surface area contributed by atoms with E-state index in [2.05, 4.69) is 12.2 Å². The summed E-state index contributed by atoms with van der Waals surface area (Å²) in [6.45, 7) is 4.19. The number of nitrogens with one attached hydrogen (secondary N) is 1. The van der Waals surface area contributed by atoms with E-state index >= 15 is 0 Å². The quantitative estimate of drug-likeness (QED) is 0.626. The number of rotatable bonds is 8. The first-order valence-corrected chi connectivity index (χ1v) is 7.77. The van der Waals surface area contributed by atoms with Crippen molar-refractivity contribution >= 4 is 0 Å². The van der Waals surface area contributed by atoms with Crippen molar-refractivity contribution in [2.24, 2.45) is 0 Å². The van der Waals surface area contributed by atoms with Gasteiger partial charge in [-0.1, -0.05) is 33.1 Å². The van der Waals surface area contributed by atoms with Crippen LogP contribution in [-0.2, 0) is 0 Å². The van der Waals surface area contributed by atoms with Gasteiger partial charge in [0, 0.05) is 12.1 Å². The first kappa shape index (κ1) is 15.9. The third-order valence-corrected chi connectivity index (χ3v) is 4.05. The molecule has 0 radical (unpaired) electrons. The Bertz CT molecular complexity index is 211. The minimum Gasteiger partial charge on any atom is -0.393 e. The van der Waals surface area contributed by atoms with E-state index in [9.17, 15) is 10.2 Å². The highest BCUT2D eigenvalue weighted by Gasteiger charge is 2.24. The lowest BCUT2D eigenvalue weighted by Gasteiger charge is -2.33. The topological polar surface area (TPSA) is 52.5 Å². The highest BCUT2D eigenvalue weighted by atomic mass is 16.3. The Balaban J connectivity index is 2.25. The van der Waals surface area contributed by atoms with Crippen LogP contribution < -0.4 is 5.32 Å². The fourth-order valence-electron chi connectivity index (χ4n) is 2.86. The summed E-state index contributed by atoms with van der Waals surface area (Å²) in [5.74, 6) is 0. The maximum absolute atomic E-state index is 9.96. The molecule has 0 unspecified atom stereocenters. The second-order valence-corrected chi connectivity index (χ2v) is 5.82. The molecule has 4 atom stereocenters. The molecular weight excluding hydrogens is 226 g/mol. The fourth-order valence-corrected chi connectivity index (χ4v) is 2.86. The molecule has 3 heteroatoms. The second kappa shape index (κ2) is 8.89. The van der Waals surface area contributed by atoms with Crippen LogP contribution in [0.15, 0.2) is 0 Å². The average Bonchev–Trinajstić information content (AvgIpc) is 2.36. The van der Waals surface area contributed by atoms with Crippen LogP contribution in [0.25, 0.3) is 0 Å². The van der Waals surface area contributed by atoms with Crippen LogP contribution >= 0.6 is 0 Å². The molecule has 1 saturated heterocycles. The third-order valence-electron chi connectivity index (χ3n) is 4.05. The standard InChI is InChI=1S/C15H31NO2/c1-3-5-9-15(18)11-13-8-6-7-12(16-13)10-14(17)4-2/h12-18H,3-11H2,1-2H3/t12-,13-,14-,15-/m0/s1. The maximum Gasteiger partial charge on any atom is 0.0555 e. The number of unbranched alkanes of at least 4 members (excludes halogenated alkanes) is 1. The van der Waals surface area contributed by atoms with E-state index < -0.39 is 0 Å². The van der Waals surface area contributed by atoms with Crippen LogP contribution in [-0.4, -0.2) is 34.5 Å². The minimum atomic E-state index is -0.175. The predicted molar refractivity (Wildman–Crippen MR) is 75.6 cm³/mol. The molecule has 3 nitrogen and oxygen atoms in total. The molecule has 1 aliphatic heterocycles. The molecule has 0 aromatic carbocycles. The molecule has 0 aromatic rings. The van der Waals surface area contributed by atoms with Crippen LogP contribution in [0.3, 0.4) is 0 Å². The van der Waals surface area contributed by atoms with Gasteiger partial charge in [0.15, 0.2) is 0 Å². The van der Waals surface area contributed by atoms with Crippen LogP contribution in [0.4, 0.5) is 0 Å². The Morgan fingerprint density at radius 2 is 1.67 bits per heavy atom. The van der Waals surface area contributed by atoms with E-state index in [-0.39, 0.29) is 12.2 Å². The number of aliphatic hydroxyl groups is 2. The van der Waals surface area contributed by atoms with Crippen molar-refractivity contribution in [1.82, 2.24) is 5.32 Å². The van der Waals surface area contributed by atoms with Crippen molar-refractivity contribution < 1.29 is 10.2 Å². The van der Waals surface area contributed by atoms with Gasteiger partial charge in [0.1, 0.15) is 0 Å². The van der Waals surface area contributed by atoms with E-state index in [1.807, 2.05) is 6.92 Å². The molecule has 1 aliphatic rings. The zero-order valence-electron chi connectivity index (χ0n) is 12.1. The summed E-state index contributed by atoms with van der Waals surface area (Å²) in [6, 6.07) is 0.886. The van der Waals surface area contributed by atoms with Crippen molar-refractivity contribution in [2.75, 3.05) is 0 Å². The Hall–Kier alpha value is -0.120. The molecule has 108 valence electrons. The van der Waals surface area contributed by atoms with E-state index in [0.717, 1.165) is 38.5 Å². The van der Waals surface area contributed by atoms with Crippen molar-refractivity contribution in [3.05, 3.63) is 0 Å². The molecule has 0 aromatic heterocycles. The van der Waals surface area contributed by atoms with Gasteiger partial charge in [-0.05, 0) is 38.5 Å². The van der Waals surface area contributed by atoms with Crippen molar-refractivity contribution in [3.63, 3.8) is 0 Å². The van der Waals surface area contributed by atoms with Crippen LogP contribution in [0.5, 0.6) is 0 Å². The Morgan fingerprint density at radius 3 is 2.22 bits per heavy atom. The molecular formula is C15H31NO2. The summed E-state index contributed by atoms with van der Waals surface area (Å²) in [4.78, 5) is 0. The van der Waals surface area contributed by atoms with Gasteiger partial charge in [-0.25, -0.2) is 0 Å². The largest absolute Gasteiger partial charge is 0.393 e. The van der Waals surface area contributed by atoms with Crippen molar-refractivity contribution in [1.29, 1.82) is 0 Å². The molecule has 0 aliphatic carbocycles. The molecule has 1 fully saturated rings. The van der Waals surface area contributed by atoms with Gasteiger partial charge in [-0.15, -0.1) is 0 Å². The monoisotopic (exact) mass is 257 g/mol. The summed E-state index contributed by atoms with van der Waals surface area (Å²) in [5, 5.41) is 23.3. The average molecular weight is 257 g/mol. The van der Waals surface area contributed by atoms with Crippen LogP contribution in [0.2, 0.25) is 0 Å². The summed E-state index contributed by atoms with van der Waals surface area (Å²) < 4.78 is 0. The Morgan fingerprint density at radius 1 is 1.06 bits per heavy atom. The van der Waals surface area contributed by atoms with Crippen molar-refractivity contribution in [3.8, 4) is 0 Å². The molecule has 0 bridgehead atoms. The second-order valence-electron chi connectivity index (χ2n) is 5.82. The first-order valence-electron chi connectivity index (χ1n) is 7.77. The Kier molecular flexibility index (Phi) is 7.87. The summed E-state index contributed by atoms with van der Waals surface area (Å²) in [5.41, 5.74) is 0. The number of piperidine rings is 1. The lowest BCUT2D eigenvalue weighted by molar-refractivity contribution is 0.108. The minimum absolute atomic E-state index is 0.155. The van der Waals surface area contributed by atoms with Gasteiger partial charge in [0.25, 0.3) is 0 Å². The fraction of sp³-hybridized carbons (Fsp3) is 1.00. The first-order chi connectivity index (χ1) is 8.65. The number of hydrogen-bond donors (Lipinski definition) is 3. The van der Waals surface area contributed by atoms with Gasteiger partial charge in [0.2, 0.25) is 0 Å². The van der Waals surface area contributed by atoms with E-state index in [4.69, 9.17) is 0 Å². The summed E-state index contributed by atoms with van der Waals surface area (Å²) >= 11 is 0. The molecule has 3 N–H and O–H groups in total. The van der Waals surface area contributed by atoms with E-state index in [0.29, 0.717) is 12.1 Å². The smallest absolute Gasteiger partial charge is 0.0555 e. The maximum atomic E-state index is 9.96. The molecule has 18 heavy (non-hydrogen) atoms. The molecule has 1 rings (SSSR count). The van der Waals surface area contributed by atoms with Gasteiger partial charge in [-0.2, -0.15) is 0 Å². The molecule has 0 amide bonds. The van der Waals surface area contributed by atoms with Crippen LogP contribution in [0, 0.1) is 0 Å². The highest BCUT2D eigenvalue weighted by molar-refractivity contribution is 4.83. The summed E-state index contributed by atoms with van der Waals surface area (Å²) in [7, 11) is 0. The predicted octanol–water partition coefficient (Wildman–Crippen LogP) is 2.60. The lowest BCUT2D eigenvalue weighted by atomic mass is 9.91. The SMILES string of the molecule is CCCC[C@H](O)C[C@@H]1CCC[C@@H](C[C@@H](O)CC)N1.